The molecule has 1 amide bonds. The first-order chi connectivity index (χ1) is 8.15. The third-order valence-electron chi connectivity index (χ3n) is 2.89. The summed E-state index contributed by atoms with van der Waals surface area (Å²) in [5, 5.41) is 15.1. The predicted octanol–water partition coefficient (Wildman–Crippen LogP) is 1.29. The maximum Gasteiger partial charge on any atom is 0.236 e. The van der Waals surface area contributed by atoms with Crippen LogP contribution in [0, 0.1) is 5.92 Å². The van der Waals surface area contributed by atoms with E-state index in [1.165, 1.54) is 0 Å². The second kappa shape index (κ2) is 10.5. The van der Waals surface area contributed by atoms with Gasteiger partial charge in [-0.1, -0.05) is 20.3 Å². The number of carbonyl (C=O) groups is 1. The lowest BCUT2D eigenvalue weighted by atomic mass is 10.00. The smallest absolute Gasteiger partial charge is 0.236 e. The van der Waals surface area contributed by atoms with E-state index in [9.17, 15) is 4.79 Å². The van der Waals surface area contributed by atoms with Gasteiger partial charge < -0.3 is 15.7 Å². The van der Waals surface area contributed by atoms with Crippen molar-refractivity contribution in [3.8, 4) is 0 Å². The molecule has 0 radical (unpaired) electrons. The van der Waals surface area contributed by atoms with Crippen LogP contribution < -0.4 is 10.6 Å². The fourth-order valence-electron chi connectivity index (χ4n) is 1.78. The van der Waals surface area contributed by atoms with E-state index in [-0.39, 0.29) is 18.6 Å². The van der Waals surface area contributed by atoms with Crippen LogP contribution in [0.3, 0.4) is 0 Å². The van der Waals surface area contributed by atoms with Crippen molar-refractivity contribution in [1.82, 2.24) is 10.6 Å². The van der Waals surface area contributed by atoms with E-state index < -0.39 is 0 Å². The number of aliphatic hydroxyl groups is 1. The lowest BCUT2D eigenvalue weighted by Crippen LogP contribution is -2.44. The molecule has 0 bridgehead atoms. The van der Waals surface area contributed by atoms with Crippen LogP contribution in [0.25, 0.3) is 0 Å². The van der Waals surface area contributed by atoms with E-state index in [4.69, 9.17) is 5.11 Å². The van der Waals surface area contributed by atoms with Gasteiger partial charge in [-0.25, -0.2) is 0 Å². The zero-order chi connectivity index (χ0) is 13.1. The topological polar surface area (TPSA) is 61.4 Å². The lowest BCUT2D eigenvalue weighted by molar-refractivity contribution is -0.122. The average Bonchev–Trinajstić information content (AvgIpc) is 2.33. The van der Waals surface area contributed by atoms with Crippen LogP contribution in [0.1, 0.15) is 46.5 Å². The number of aliphatic hydroxyl groups excluding tert-OH is 1. The Balaban J connectivity index is 3.85. The van der Waals surface area contributed by atoms with Crippen LogP contribution in [0.5, 0.6) is 0 Å². The van der Waals surface area contributed by atoms with Gasteiger partial charge in [-0.15, -0.1) is 0 Å². The molecule has 3 N–H and O–H groups in total. The molecule has 4 nitrogen and oxygen atoms in total. The molecule has 0 aliphatic heterocycles. The van der Waals surface area contributed by atoms with Gasteiger partial charge in [0.05, 0.1) is 6.04 Å². The molecule has 2 unspecified atom stereocenters. The number of nitrogens with one attached hydrogen (secondary N) is 2. The summed E-state index contributed by atoms with van der Waals surface area (Å²) in [7, 11) is 0. The summed E-state index contributed by atoms with van der Waals surface area (Å²) in [6, 6.07) is -0.153. The summed E-state index contributed by atoms with van der Waals surface area (Å²) >= 11 is 0. The molecule has 102 valence electrons. The Morgan fingerprint density at radius 1 is 1.24 bits per heavy atom. The van der Waals surface area contributed by atoms with Gasteiger partial charge in [-0.3, -0.25) is 4.79 Å². The van der Waals surface area contributed by atoms with Crippen molar-refractivity contribution in [2.45, 2.75) is 52.5 Å². The standard InChI is InChI=1S/C13H28N2O2/c1-4-6-12(7-9-16)10-15-11(3)13(17)14-8-5-2/h11-12,15-16H,4-10H2,1-3H3,(H,14,17). The number of amides is 1. The molecule has 0 aliphatic rings. The van der Waals surface area contributed by atoms with E-state index in [1.807, 2.05) is 13.8 Å². The minimum Gasteiger partial charge on any atom is -0.396 e. The summed E-state index contributed by atoms with van der Waals surface area (Å²) in [6.07, 6.45) is 3.98. The molecule has 0 aromatic carbocycles. The fourth-order valence-corrected chi connectivity index (χ4v) is 1.78. The van der Waals surface area contributed by atoms with E-state index in [1.54, 1.807) is 0 Å². The largest absolute Gasteiger partial charge is 0.396 e. The average molecular weight is 244 g/mol. The van der Waals surface area contributed by atoms with E-state index in [0.29, 0.717) is 5.92 Å². The predicted molar refractivity (Wildman–Crippen MR) is 70.9 cm³/mol. The zero-order valence-corrected chi connectivity index (χ0v) is 11.5. The van der Waals surface area contributed by atoms with Crippen molar-refractivity contribution in [3.63, 3.8) is 0 Å². The first-order valence-electron chi connectivity index (χ1n) is 6.77. The third-order valence-corrected chi connectivity index (χ3v) is 2.89. The van der Waals surface area contributed by atoms with Crippen LogP contribution in [0.2, 0.25) is 0 Å². The molecule has 0 aromatic heterocycles. The molecule has 0 saturated carbocycles. The van der Waals surface area contributed by atoms with E-state index in [2.05, 4.69) is 17.6 Å². The molecule has 0 saturated heterocycles. The second-order valence-corrected chi connectivity index (χ2v) is 4.59. The van der Waals surface area contributed by atoms with Gasteiger partial charge in [0.15, 0.2) is 0 Å². The highest BCUT2D eigenvalue weighted by Crippen LogP contribution is 2.09. The number of hydrogen-bond acceptors (Lipinski definition) is 3. The van der Waals surface area contributed by atoms with Gasteiger partial charge in [0.2, 0.25) is 5.91 Å². The lowest BCUT2D eigenvalue weighted by Gasteiger charge is -2.19. The van der Waals surface area contributed by atoms with E-state index in [0.717, 1.165) is 38.8 Å². The van der Waals surface area contributed by atoms with E-state index >= 15 is 0 Å². The maximum absolute atomic E-state index is 11.6. The van der Waals surface area contributed by atoms with Crippen molar-refractivity contribution in [2.24, 2.45) is 5.92 Å². The van der Waals surface area contributed by atoms with Gasteiger partial charge in [0, 0.05) is 13.2 Å². The highest BCUT2D eigenvalue weighted by atomic mass is 16.3. The summed E-state index contributed by atoms with van der Waals surface area (Å²) in [5.41, 5.74) is 0. The SMILES string of the molecule is CCCNC(=O)C(C)NCC(CCC)CCO. The molecule has 0 heterocycles. The van der Waals surface area contributed by atoms with Gasteiger partial charge >= 0.3 is 0 Å². The molecule has 4 heteroatoms. The van der Waals surface area contributed by atoms with Crippen molar-refractivity contribution in [1.29, 1.82) is 0 Å². The molecular formula is C13H28N2O2. The van der Waals surface area contributed by atoms with Gasteiger partial charge in [0.1, 0.15) is 0 Å². The maximum atomic E-state index is 11.6. The molecule has 0 spiro atoms. The molecule has 0 fully saturated rings. The Hall–Kier alpha value is -0.610. The van der Waals surface area contributed by atoms with Crippen molar-refractivity contribution in [3.05, 3.63) is 0 Å². The normalized spacial score (nSPS) is 14.4. The first kappa shape index (κ1) is 16.4. The molecule has 0 aromatic rings. The Bertz CT molecular complexity index is 192. The summed E-state index contributed by atoms with van der Waals surface area (Å²) in [6.45, 7) is 7.82. The summed E-state index contributed by atoms with van der Waals surface area (Å²) in [4.78, 5) is 11.6. The minimum absolute atomic E-state index is 0.0612. The van der Waals surface area contributed by atoms with Crippen molar-refractivity contribution in [2.75, 3.05) is 19.7 Å². The van der Waals surface area contributed by atoms with Crippen molar-refractivity contribution >= 4 is 5.91 Å². The fraction of sp³-hybridized carbons (Fsp3) is 0.923. The zero-order valence-electron chi connectivity index (χ0n) is 11.5. The van der Waals surface area contributed by atoms with Crippen LogP contribution in [-0.4, -0.2) is 36.8 Å². The van der Waals surface area contributed by atoms with Crippen LogP contribution in [0.4, 0.5) is 0 Å². The van der Waals surface area contributed by atoms with Gasteiger partial charge in [-0.2, -0.15) is 0 Å². The Kier molecular flexibility index (Phi) is 10.2. The quantitative estimate of drug-likeness (QED) is 0.542. The van der Waals surface area contributed by atoms with Gasteiger partial charge in [-0.05, 0) is 38.6 Å². The van der Waals surface area contributed by atoms with Crippen LogP contribution >= 0.6 is 0 Å². The molecule has 17 heavy (non-hydrogen) atoms. The Labute approximate surface area is 105 Å². The highest BCUT2D eigenvalue weighted by molar-refractivity contribution is 5.81. The first-order valence-corrected chi connectivity index (χ1v) is 6.77. The number of carbonyl (C=O) groups excluding carboxylic acids is 1. The molecule has 0 rings (SSSR count). The van der Waals surface area contributed by atoms with Crippen molar-refractivity contribution < 1.29 is 9.90 Å². The monoisotopic (exact) mass is 244 g/mol. The summed E-state index contributed by atoms with van der Waals surface area (Å²) in [5.74, 6) is 0.525. The van der Waals surface area contributed by atoms with Gasteiger partial charge in [0.25, 0.3) is 0 Å². The number of hydrogen-bond donors (Lipinski definition) is 3. The molecular weight excluding hydrogens is 216 g/mol. The Morgan fingerprint density at radius 2 is 1.94 bits per heavy atom. The molecule has 2 atom stereocenters. The number of rotatable bonds is 10. The minimum atomic E-state index is -0.153. The van der Waals surface area contributed by atoms with Crippen LogP contribution in [-0.2, 0) is 4.79 Å². The van der Waals surface area contributed by atoms with Crippen LogP contribution in [0.15, 0.2) is 0 Å². The third kappa shape index (κ3) is 8.16. The summed E-state index contributed by atoms with van der Waals surface area (Å²) < 4.78 is 0. The Morgan fingerprint density at radius 3 is 2.47 bits per heavy atom. The molecule has 0 aliphatic carbocycles. The second-order valence-electron chi connectivity index (χ2n) is 4.59. The highest BCUT2D eigenvalue weighted by Gasteiger charge is 2.14.